The van der Waals surface area contributed by atoms with Gasteiger partial charge in [-0.15, -0.1) is 0 Å². The molecule has 0 bridgehead atoms. The Morgan fingerprint density at radius 3 is 2.12 bits per heavy atom. The fourth-order valence-electron chi connectivity index (χ4n) is 4.64. The third kappa shape index (κ3) is 5.24. The van der Waals surface area contributed by atoms with E-state index in [2.05, 4.69) is 22.8 Å². The van der Waals surface area contributed by atoms with Gasteiger partial charge in [-0.3, -0.25) is 4.79 Å². The number of carbonyl (C=O) groups is 3. The normalized spacial score (nSPS) is 17.1. The molecule has 0 heterocycles. The summed E-state index contributed by atoms with van der Waals surface area (Å²) >= 11 is 0. The number of rotatable bonds is 10. The number of carboxylic acids is 1. The lowest BCUT2D eigenvalue weighted by Crippen LogP contribution is -2.54. The fourth-order valence-corrected chi connectivity index (χ4v) is 4.64. The number of fused-ring (bicyclic) bond motifs is 3. The molecule has 7 heteroatoms. The number of ether oxygens (including phenoxy) is 1. The molecule has 1 fully saturated rings. The Bertz CT molecular complexity index is 1020. The number of hydrogen-bond donors (Lipinski definition) is 3. The quantitative estimate of drug-likeness (QED) is 0.486. The number of amides is 2. The predicted molar refractivity (Wildman–Crippen MR) is 128 cm³/mol. The number of nitrogens with one attached hydrogen (secondary N) is 2. The van der Waals surface area contributed by atoms with Gasteiger partial charge in [-0.2, -0.15) is 0 Å². The molecule has 2 unspecified atom stereocenters. The summed E-state index contributed by atoms with van der Waals surface area (Å²) in [6, 6.07) is 14.3. The summed E-state index contributed by atoms with van der Waals surface area (Å²) in [6.07, 6.45) is 2.36. The third-order valence-corrected chi connectivity index (χ3v) is 6.99. The molecule has 3 atom stereocenters. The lowest BCUT2D eigenvalue weighted by atomic mass is 9.97. The van der Waals surface area contributed by atoms with Crippen molar-refractivity contribution in [2.24, 2.45) is 11.8 Å². The minimum Gasteiger partial charge on any atom is -0.480 e. The van der Waals surface area contributed by atoms with Crippen LogP contribution in [0, 0.1) is 11.8 Å². The molecule has 180 valence electrons. The van der Waals surface area contributed by atoms with E-state index in [1.54, 1.807) is 0 Å². The van der Waals surface area contributed by atoms with Gasteiger partial charge in [0, 0.05) is 5.92 Å². The Kier molecular flexibility index (Phi) is 7.20. The highest BCUT2D eigenvalue weighted by Gasteiger charge is 2.34. The molecule has 2 amide bonds. The SMILES string of the molecule is CCC(C)[C@H](NC(=O)OCC1c2ccccc2-c2ccccc21)C(=O)NC(CC1CC1)C(=O)O. The van der Waals surface area contributed by atoms with Crippen molar-refractivity contribution in [3.05, 3.63) is 59.7 Å². The van der Waals surface area contributed by atoms with E-state index >= 15 is 0 Å². The van der Waals surface area contributed by atoms with Crippen LogP contribution in [-0.2, 0) is 14.3 Å². The van der Waals surface area contributed by atoms with E-state index in [0.717, 1.165) is 35.1 Å². The summed E-state index contributed by atoms with van der Waals surface area (Å²) in [5.41, 5.74) is 4.49. The molecule has 2 aromatic carbocycles. The highest BCUT2D eigenvalue weighted by molar-refractivity contribution is 5.89. The Morgan fingerprint density at radius 1 is 1.00 bits per heavy atom. The average Bonchev–Trinajstić information content (AvgIpc) is 3.60. The first-order chi connectivity index (χ1) is 16.4. The van der Waals surface area contributed by atoms with Crippen molar-refractivity contribution in [2.75, 3.05) is 6.61 Å². The van der Waals surface area contributed by atoms with Gasteiger partial charge >= 0.3 is 12.1 Å². The number of alkyl carbamates (subject to hydrolysis) is 1. The number of carbonyl (C=O) groups excluding carboxylic acids is 2. The molecule has 2 aliphatic rings. The zero-order valence-electron chi connectivity index (χ0n) is 19.6. The van der Waals surface area contributed by atoms with Gasteiger partial charge < -0.3 is 20.5 Å². The fraction of sp³-hybridized carbons (Fsp3) is 0.444. The molecule has 0 saturated heterocycles. The number of hydrogen-bond acceptors (Lipinski definition) is 4. The maximum absolute atomic E-state index is 12.9. The summed E-state index contributed by atoms with van der Waals surface area (Å²) in [4.78, 5) is 37.3. The largest absolute Gasteiger partial charge is 0.480 e. The third-order valence-electron chi connectivity index (χ3n) is 6.99. The smallest absolute Gasteiger partial charge is 0.407 e. The first kappa shape index (κ1) is 23.8. The summed E-state index contributed by atoms with van der Waals surface area (Å²) < 4.78 is 5.60. The summed E-state index contributed by atoms with van der Waals surface area (Å²) in [5.74, 6) is -1.46. The Labute approximate surface area is 199 Å². The van der Waals surface area contributed by atoms with Crippen molar-refractivity contribution in [2.45, 2.75) is 57.5 Å². The van der Waals surface area contributed by atoms with Crippen LogP contribution in [0.25, 0.3) is 11.1 Å². The number of carboxylic acid groups (broad SMARTS) is 1. The first-order valence-corrected chi connectivity index (χ1v) is 12.0. The van der Waals surface area contributed by atoms with E-state index < -0.39 is 30.1 Å². The maximum Gasteiger partial charge on any atom is 0.407 e. The van der Waals surface area contributed by atoms with E-state index in [9.17, 15) is 19.5 Å². The van der Waals surface area contributed by atoms with Crippen molar-refractivity contribution in [3.63, 3.8) is 0 Å². The van der Waals surface area contributed by atoms with E-state index in [1.807, 2.05) is 50.2 Å². The van der Waals surface area contributed by atoms with Crippen LogP contribution in [0.15, 0.2) is 48.5 Å². The van der Waals surface area contributed by atoms with Crippen LogP contribution in [0.5, 0.6) is 0 Å². The summed E-state index contributed by atoms with van der Waals surface area (Å²) in [7, 11) is 0. The molecule has 7 nitrogen and oxygen atoms in total. The zero-order valence-corrected chi connectivity index (χ0v) is 19.6. The minimum atomic E-state index is -1.05. The van der Waals surface area contributed by atoms with E-state index in [1.165, 1.54) is 0 Å². The van der Waals surface area contributed by atoms with Gasteiger partial charge in [0.15, 0.2) is 0 Å². The topological polar surface area (TPSA) is 105 Å². The van der Waals surface area contributed by atoms with Gasteiger partial charge in [0.05, 0.1) is 0 Å². The Balaban J connectivity index is 1.40. The van der Waals surface area contributed by atoms with Crippen molar-refractivity contribution in [1.82, 2.24) is 10.6 Å². The van der Waals surface area contributed by atoms with E-state index in [0.29, 0.717) is 18.8 Å². The van der Waals surface area contributed by atoms with Gasteiger partial charge in [-0.05, 0) is 40.5 Å². The molecule has 1 saturated carbocycles. The molecular weight excluding hydrogens is 432 g/mol. The van der Waals surface area contributed by atoms with Crippen LogP contribution < -0.4 is 10.6 Å². The van der Waals surface area contributed by atoms with Gasteiger partial charge in [0.2, 0.25) is 5.91 Å². The maximum atomic E-state index is 12.9. The molecule has 0 aliphatic heterocycles. The second kappa shape index (κ2) is 10.3. The zero-order chi connectivity index (χ0) is 24.2. The first-order valence-electron chi connectivity index (χ1n) is 12.0. The van der Waals surface area contributed by atoms with Gasteiger partial charge in [-0.25, -0.2) is 9.59 Å². The molecule has 2 aliphatic carbocycles. The van der Waals surface area contributed by atoms with Gasteiger partial charge in [0.1, 0.15) is 18.7 Å². The average molecular weight is 465 g/mol. The lowest BCUT2D eigenvalue weighted by Gasteiger charge is -2.25. The van der Waals surface area contributed by atoms with Crippen molar-refractivity contribution < 1.29 is 24.2 Å². The van der Waals surface area contributed by atoms with Crippen molar-refractivity contribution >= 4 is 18.0 Å². The molecule has 2 aromatic rings. The monoisotopic (exact) mass is 464 g/mol. The van der Waals surface area contributed by atoms with Crippen LogP contribution in [0.1, 0.15) is 56.6 Å². The highest BCUT2D eigenvalue weighted by Crippen LogP contribution is 2.44. The number of aliphatic carboxylic acids is 1. The van der Waals surface area contributed by atoms with Crippen molar-refractivity contribution in [1.29, 1.82) is 0 Å². The standard InChI is InChI=1S/C27H32N2O5/c1-3-16(2)24(25(30)28-23(26(31)32)14-17-12-13-17)29-27(33)34-15-22-20-10-6-4-8-18(20)19-9-5-7-11-21(19)22/h4-11,16-17,22-24H,3,12-15H2,1-2H3,(H,28,30)(H,29,33)(H,31,32)/t16?,23?,24-/m0/s1. The van der Waals surface area contributed by atoms with Crippen LogP contribution in [0.3, 0.4) is 0 Å². The van der Waals surface area contributed by atoms with Crippen LogP contribution >= 0.6 is 0 Å². The molecule has 3 N–H and O–H groups in total. The van der Waals surface area contributed by atoms with Gasteiger partial charge in [0.25, 0.3) is 0 Å². The van der Waals surface area contributed by atoms with E-state index in [-0.39, 0.29) is 18.4 Å². The lowest BCUT2D eigenvalue weighted by molar-refractivity contribution is -0.142. The highest BCUT2D eigenvalue weighted by atomic mass is 16.5. The minimum absolute atomic E-state index is 0.0797. The summed E-state index contributed by atoms with van der Waals surface area (Å²) in [6.45, 7) is 3.92. The molecule has 34 heavy (non-hydrogen) atoms. The Hall–Kier alpha value is -3.35. The molecule has 0 radical (unpaired) electrons. The van der Waals surface area contributed by atoms with Crippen LogP contribution in [0.4, 0.5) is 4.79 Å². The Morgan fingerprint density at radius 2 is 1.59 bits per heavy atom. The second-order valence-corrected chi connectivity index (χ2v) is 9.41. The molecule has 0 spiro atoms. The molecule has 4 rings (SSSR count). The van der Waals surface area contributed by atoms with Gasteiger partial charge in [-0.1, -0.05) is 81.6 Å². The predicted octanol–water partition coefficient (Wildman–Crippen LogP) is 4.31. The van der Waals surface area contributed by atoms with E-state index in [4.69, 9.17) is 4.74 Å². The number of benzene rings is 2. The van der Waals surface area contributed by atoms with Crippen molar-refractivity contribution in [3.8, 4) is 11.1 Å². The van der Waals surface area contributed by atoms with Crippen LogP contribution in [0.2, 0.25) is 0 Å². The molecular formula is C27H32N2O5. The summed E-state index contributed by atoms with van der Waals surface area (Å²) in [5, 5.41) is 14.8. The molecule has 0 aromatic heterocycles. The second-order valence-electron chi connectivity index (χ2n) is 9.41. The van der Waals surface area contributed by atoms with Crippen LogP contribution in [-0.4, -0.2) is 41.8 Å².